The van der Waals surface area contributed by atoms with Crippen LogP contribution in [0.4, 0.5) is 8.78 Å². The van der Waals surface area contributed by atoms with Gasteiger partial charge in [-0.1, -0.05) is 160 Å². The number of hydrogen-bond acceptors (Lipinski definition) is 8. The summed E-state index contributed by atoms with van der Waals surface area (Å²) in [4.78, 5) is 34.0. The van der Waals surface area contributed by atoms with Gasteiger partial charge in [-0.3, -0.25) is 0 Å². The first-order chi connectivity index (χ1) is 73.8. The summed E-state index contributed by atoms with van der Waals surface area (Å²) in [6, 6.07) is 139. The molecular formula is C124H102F2Ir4N8-8. The van der Waals surface area contributed by atoms with Gasteiger partial charge in [0, 0.05) is 159 Å². The van der Waals surface area contributed by atoms with Crippen LogP contribution in [-0.2, 0) is 93.2 Å². The Morgan fingerprint density at radius 2 is 0.558 bits per heavy atom. The van der Waals surface area contributed by atoms with Crippen molar-refractivity contribution in [3.63, 3.8) is 0 Å². The molecule has 1 atom stereocenters. The predicted octanol–water partition coefficient (Wildman–Crippen LogP) is 30.9. The molecule has 0 saturated heterocycles. The van der Waals surface area contributed by atoms with E-state index in [4.69, 9.17) is 28.8 Å². The van der Waals surface area contributed by atoms with Gasteiger partial charge in [-0.05, 0) is 237 Å². The number of rotatable bonds is 15. The number of aryl methyl sites for hydroxylation is 7. The molecule has 12 aromatic carbocycles. The maximum Gasteiger partial charge on any atom is 0.126 e. The fraction of sp³-hybridized carbons (Fsp3) is 0.0968. The molecule has 696 valence electrons. The Morgan fingerprint density at radius 1 is 0.275 bits per heavy atom. The van der Waals surface area contributed by atoms with E-state index in [1.165, 1.54) is 59.7 Å². The molecule has 0 aliphatic carbocycles. The molecule has 20 rings (SSSR count). The SMILES string of the molecule is Cc1cc(-c2ccnc(-c3[c-]cccc3)c2)ccc1F.Cc1ccc(-c2ccnc(-c3[c-]cccc3)c2)cc1.[2H]C([2H])([2H])C([2H])(C)C([2H])([2H])c1cccc(-c2ccnc(-c3[c-]cccc3)c2)c1.[2H]C([2H])([2H])Cc1cc(-c2ccnc(-c3[c-]cccc3)c2)ccc1F.[2H]C([2H])([2H])c1ccc(-c2[c-]cccc2)nc1.[2H]C([2H])([2H])c1ccc(-c2[c-]cccc2)nc1.[2H]C([2H])([2H])c1ccc(-c2[c-]cccc2)nc1.[2H]C([2H])([2H])c1ccc(-c2[c-]cccc2)nc1.[Ir].[Ir].[Ir].[Ir]. The standard InChI is InChI=1S/C21H20N.C19H15FN.C18H13FN.C18H14N.4C12H10N.4Ir/c1-16(2)13-17-7-6-10-19(14-17)20-11-12-22-21(15-20)18-8-4-3-5-9-18;1-2-14-12-16(8-9-18(14)20)17-10-11-21-19(13-17)15-6-4-3-5-7-15;1-13-11-15(7-8-17(13)19)16-9-10-20-18(12-16)14-5-3-2-4-6-14;1-14-7-9-15(10-8-14)17-11-12-19-18(13-17)16-5-3-2-4-6-16;4*1-10-7-8-12(13-9-10)11-5-3-2-4-6-11;;;;/h3-8,10-12,14-16H,13H2,1-2H3;3-6,8-13H,2H2,1H3;2-5,7-12H,1H3;2-5,7-13H,1H3;4*2-5,7-9H,1H3;;;;/q8*-1;;;;/i1D3,13D2,16D;1D3;;;4*1D3;;;;. The molecule has 0 N–H and O–H groups in total. The van der Waals surface area contributed by atoms with Crippen LogP contribution in [0.3, 0.4) is 0 Å². The molecule has 1 unspecified atom stereocenters. The zero-order chi connectivity index (χ0) is 111. The number of pyridine rings is 8. The fourth-order valence-corrected chi connectivity index (χ4v) is 13.1. The quantitative estimate of drug-likeness (QED) is 0.0935. The first-order valence-electron chi connectivity index (χ1n) is 53.0. The largest absolute Gasteiger partial charge is 0.305 e. The Balaban J connectivity index is 0.000000201. The fourth-order valence-electron chi connectivity index (χ4n) is 13.1. The molecule has 0 spiro atoms. The number of benzene rings is 12. The Hall–Kier alpha value is -13.7. The van der Waals surface area contributed by atoms with Gasteiger partial charge in [-0.25, -0.2) is 8.78 Å². The zero-order valence-electron chi connectivity index (χ0n) is 95.8. The van der Waals surface area contributed by atoms with E-state index >= 15 is 0 Å². The summed E-state index contributed by atoms with van der Waals surface area (Å²) in [6.07, 6.45) is 9.88. The van der Waals surface area contributed by atoms with E-state index in [1.54, 1.807) is 129 Å². The van der Waals surface area contributed by atoms with Crippen LogP contribution in [-0.4, -0.2) is 39.9 Å². The van der Waals surface area contributed by atoms with Crippen molar-refractivity contribution in [2.45, 2.75) is 74.7 Å². The number of halogens is 2. The van der Waals surface area contributed by atoms with Crippen LogP contribution in [0.15, 0.2) is 426 Å². The molecule has 4 radical (unpaired) electrons. The van der Waals surface area contributed by atoms with Crippen LogP contribution >= 0.6 is 0 Å². The van der Waals surface area contributed by atoms with Gasteiger partial charge in [-0.15, -0.1) is 287 Å². The van der Waals surface area contributed by atoms with Crippen LogP contribution in [0.2, 0.25) is 0 Å². The smallest absolute Gasteiger partial charge is 0.126 e. The molecule has 138 heavy (non-hydrogen) atoms. The van der Waals surface area contributed by atoms with Gasteiger partial charge < -0.3 is 39.9 Å². The number of nitrogens with zero attached hydrogens (tertiary/aromatic N) is 8. The molecule has 0 saturated carbocycles. The number of hydrogen-bond donors (Lipinski definition) is 0. The van der Waals surface area contributed by atoms with E-state index in [0.717, 1.165) is 130 Å². The second kappa shape index (κ2) is 57.4. The molecule has 20 aromatic rings. The molecule has 14 heteroatoms. The van der Waals surface area contributed by atoms with E-state index in [2.05, 4.69) is 126 Å². The Kier molecular flexibility index (Phi) is 33.4. The Morgan fingerprint density at radius 3 is 0.841 bits per heavy atom. The molecule has 0 amide bonds. The third-order valence-electron chi connectivity index (χ3n) is 19.9. The second-order valence-electron chi connectivity index (χ2n) is 29.8. The maximum absolute atomic E-state index is 13.9. The van der Waals surface area contributed by atoms with E-state index in [0.29, 0.717) is 5.56 Å². The normalized spacial score (nSPS) is 13.4. The average molecular weight is 2530 g/mol. The van der Waals surface area contributed by atoms with Crippen molar-refractivity contribution in [3.8, 4) is 135 Å². The molecule has 0 bridgehead atoms. The molecule has 8 heterocycles. The summed E-state index contributed by atoms with van der Waals surface area (Å²) < 4.78 is 184. The number of aromatic nitrogens is 8. The monoisotopic (exact) mass is 2530 g/mol. The van der Waals surface area contributed by atoms with Gasteiger partial charge in [-0.2, -0.15) is 0 Å². The third kappa shape index (κ3) is 33.9. The van der Waals surface area contributed by atoms with Crippen molar-refractivity contribution in [2.75, 3.05) is 0 Å². The van der Waals surface area contributed by atoms with Crippen molar-refractivity contribution in [1.29, 1.82) is 0 Å². The minimum atomic E-state index is -2.76. The van der Waals surface area contributed by atoms with Crippen LogP contribution in [0.1, 0.15) is 93.9 Å². The minimum Gasteiger partial charge on any atom is -0.305 e. The van der Waals surface area contributed by atoms with Gasteiger partial charge in [0.25, 0.3) is 0 Å². The zero-order valence-corrected chi connectivity index (χ0v) is 84.4. The first kappa shape index (κ1) is 80.4. The topological polar surface area (TPSA) is 103 Å². The minimum absolute atomic E-state index is 0. The van der Waals surface area contributed by atoms with Crippen molar-refractivity contribution in [3.05, 3.63) is 530 Å². The van der Waals surface area contributed by atoms with Crippen molar-refractivity contribution in [1.82, 2.24) is 39.9 Å². The first-order valence-corrected chi connectivity index (χ1v) is 42.5. The summed E-state index contributed by atoms with van der Waals surface area (Å²) in [5.41, 5.74) is 24.2. The van der Waals surface area contributed by atoms with E-state index in [9.17, 15) is 8.78 Å². The van der Waals surface area contributed by atoms with Gasteiger partial charge >= 0.3 is 0 Å². The van der Waals surface area contributed by atoms with E-state index < -0.39 is 59.2 Å². The van der Waals surface area contributed by atoms with Crippen molar-refractivity contribution < 1.29 is 118 Å². The van der Waals surface area contributed by atoms with Crippen LogP contribution in [0.5, 0.6) is 0 Å². The van der Waals surface area contributed by atoms with Gasteiger partial charge in [0.05, 0.1) is 0 Å². The molecule has 8 aromatic heterocycles. The van der Waals surface area contributed by atoms with Gasteiger partial charge in [0.15, 0.2) is 0 Å². The summed E-state index contributed by atoms with van der Waals surface area (Å²) in [7, 11) is 0. The molecule has 0 aliphatic heterocycles. The predicted molar refractivity (Wildman–Crippen MR) is 546 cm³/mol. The average Bonchev–Trinajstić information content (AvgIpc) is 0.749. The van der Waals surface area contributed by atoms with Crippen LogP contribution in [0, 0.1) is 107 Å². The maximum atomic E-state index is 13.9. The molecule has 0 fully saturated rings. The molecule has 8 nitrogen and oxygen atoms in total. The summed E-state index contributed by atoms with van der Waals surface area (Å²) in [5, 5.41) is 0. The molecular weight excluding hydrogens is 2410 g/mol. The summed E-state index contributed by atoms with van der Waals surface area (Å²) in [6.45, 7) is -8.36. The Bertz CT molecular complexity index is 7490. The van der Waals surface area contributed by atoms with Crippen LogP contribution < -0.4 is 0 Å². The summed E-state index contributed by atoms with van der Waals surface area (Å²) in [5.74, 6) is -2.97. The van der Waals surface area contributed by atoms with Crippen molar-refractivity contribution in [2.24, 2.45) is 5.89 Å². The van der Waals surface area contributed by atoms with E-state index in [1.807, 2.05) is 231 Å². The van der Waals surface area contributed by atoms with Gasteiger partial charge in [0.1, 0.15) is 11.6 Å². The third-order valence-corrected chi connectivity index (χ3v) is 19.9. The van der Waals surface area contributed by atoms with Gasteiger partial charge in [0.2, 0.25) is 0 Å². The second-order valence-corrected chi connectivity index (χ2v) is 29.8. The van der Waals surface area contributed by atoms with Crippen molar-refractivity contribution >= 4 is 0 Å². The Labute approximate surface area is 896 Å². The summed E-state index contributed by atoms with van der Waals surface area (Å²) >= 11 is 0. The van der Waals surface area contributed by atoms with Crippen LogP contribution in [0.25, 0.3) is 135 Å². The molecule has 0 aliphatic rings. The van der Waals surface area contributed by atoms with E-state index in [-0.39, 0.29) is 126 Å².